The fourth-order valence-corrected chi connectivity index (χ4v) is 6.80. The number of aryl methyl sites for hydroxylation is 3. The Morgan fingerprint density at radius 2 is 1.77 bits per heavy atom. The van der Waals surface area contributed by atoms with E-state index in [1.165, 1.54) is 22.0 Å². The quantitative estimate of drug-likeness (QED) is 0.587. The van der Waals surface area contributed by atoms with Gasteiger partial charge >= 0.3 is 45.8 Å². The Morgan fingerprint density at radius 1 is 1.11 bits per heavy atom. The van der Waals surface area contributed by atoms with E-state index >= 15 is 0 Å². The zero-order valence-corrected chi connectivity index (χ0v) is 20.3. The minimum absolute atomic E-state index is 0. The first kappa shape index (κ1) is 26.0. The molecule has 0 bridgehead atoms. The first-order chi connectivity index (χ1) is 16.2. The van der Waals surface area contributed by atoms with Gasteiger partial charge in [-0.25, -0.2) is 13.8 Å². The molecule has 0 spiro atoms. The van der Waals surface area contributed by atoms with Gasteiger partial charge < -0.3 is 10.2 Å². The average molecular weight is 511 g/mol. The summed E-state index contributed by atoms with van der Waals surface area (Å²) in [6.45, 7) is 0.435. The molecule has 1 saturated heterocycles. The van der Waals surface area contributed by atoms with Gasteiger partial charge in [0.15, 0.2) is 0 Å². The van der Waals surface area contributed by atoms with Gasteiger partial charge in [0.1, 0.15) is 0 Å². The van der Waals surface area contributed by atoms with Gasteiger partial charge in [-0.1, -0.05) is 6.07 Å². The van der Waals surface area contributed by atoms with E-state index in [0.29, 0.717) is 18.7 Å². The molecule has 0 saturated carbocycles. The third-order valence-electron chi connectivity index (χ3n) is 7.10. The summed E-state index contributed by atoms with van der Waals surface area (Å²) in [5, 5.41) is 6.97. The Hall–Kier alpha value is -2.08. The van der Waals surface area contributed by atoms with Gasteiger partial charge in [0.05, 0.1) is 17.9 Å². The van der Waals surface area contributed by atoms with Crippen LogP contribution in [0.25, 0.3) is 0 Å². The predicted octanol–water partition coefficient (Wildman–Crippen LogP) is 1.24. The summed E-state index contributed by atoms with van der Waals surface area (Å²) in [5.41, 5.74) is 5.84. The number of hydrogen-bond acceptors (Lipinski definition) is 5. The minimum atomic E-state index is -4.30. The Morgan fingerprint density at radius 3 is 2.34 bits per heavy atom. The van der Waals surface area contributed by atoms with Crippen molar-refractivity contribution in [1.82, 2.24) is 19.4 Å². The van der Waals surface area contributed by atoms with Crippen molar-refractivity contribution in [1.29, 1.82) is 0 Å². The molecule has 1 unspecified atom stereocenters. The van der Waals surface area contributed by atoms with Gasteiger partial charge in [-0.15, -0.1) is 0 Å². The summed E-state index contributed by atoms with van der Waals surface area (Å²) < 4.78 is 31.8. The molecule has 1 fully saturated rings. The number of benzene rings is 1. The predicted molar refractivity (Wildman–Crippen MR) is 135 cm³/mol. The molecular weight excluding hydrogens is 479 g/mol. The summed E-state index contributed by atoms with van der Waals surface area (Å²) in [7, 11) is -0.919. The van der Waals surface area contributed by atoms with Crippen molar-refractivity contribution in [2.75, 3.05) is 23.2 Å². The Labute approximate surface area is 227 Å². The molecule has 2 N–H and O–H groups in total. The first-order valence-corrected chi connectivity index (χ1v) is 13.2. The molecule has 12 heteroatoms. The van der Waals surface area contributed by atoms with E-state index in [2.05, 4.69) is 21.2 Å². The van der Waals surface area contributed by atoms with Crippen molar-refractivity contribution < 1.29 is 18.0 Å². The summed E-state index contributed by atoms with van der Waals surface area (Å²) in [5.74, 6) is -0.139. The molecule has 5 rings (SSSR count). The molecule has 2 heterocycles. The number of nitrogens with zero attached hydrogens (tertiary/aromatic N) is 4. The van der Waals surface area contributed by atoms with Crippen LogP contribution in [0.2, 0.25) is 0 Å². The van der Waals surface area contributed by atoms with Crippen molar-refractivity contribution in [2.45, 2.75) is 57.4 Å². The summed E-state index contributed by atoms with van der Waals surface area (Å²) in [6.07, 6.45) is 9.28. The number of rotatable bonds is 5. The molecule has 3 amide bonds. The number of fused-ring (bicyclic) bond motifs is 2. The Kier molecular flexibility index (Phi) is 7.51. The molecule has 2 aliphatic carbocycles. The number of amides is 3. The number of aromatic nitrogens is 2. The van der Waals surface area contributed by atoms with Crippen LogP contribution in [0.15, 0.2) is 18.5 Å². The first-order valence-electron chi connectivity index (χ1n) is 11.7. The monoisotopic (exact) mass is 510 g/mol. The second-order valence-electron chi connectivity index (χ2n) is 9.43. The van der Waals surface area contributed by atoms with E-state index < -0.39 is 22.3 Å². The molecule has 1 aliphatic heterocycles. The van der Waals surface area contributed by atoms with E-state index in [1.807, 2.05) is 0 Å². The van der Waals surface area contributed by atoms with Crippen LogP contribution < -0.4 is 14.3 Å². The van der Waals surface area contributed by atoms with E-state index in [-0.39, 0.29) is 41.9 Å². The third-order valence-corrected chi connectivity index (χ3v) is 8.57. The molecule has 1 atom stereocenters. The van der Waals surface area contributed by atoms with Crippen molar-refractivity contribution in [3.63, 3.8) is 0 Å². The maximum absolute atomic E-state index is 13.5. The van der Waals surface area contributed by atoms with Gasteiger partial charge in [-0.05, 0) is 67.2 Å². The Bertz CT molecular complexity index is 1230. The van der Waals surface area contributed by atoms with Gasteiger partial charge in [0.25, 0.3) is 0 Å². The molecule has 0 radical (unpaired) electrons. The zero-order valence-electron chi connectivity index (χ0n) is 19.5. The van der Waals surface area contributed by atoms with Gasteiger partial charge in [-0.3, -0.25) is 9.48 Å². The van der Waals surface area contributed by atoms with Crippen LogP contribution >= 0.6 is 0 Å². The van der Waals surface area contributed by atoms with Gasteiger partial charge in [0.2, 0.25) is 5.91 Å². The average Bonchev–Trinajstić information content (AvgIpc) is 3.51. The van der Waals surface area contributed by atoms with Crippen molar-refractivity contribution >= 4 is 63.1 Å². The molecule has 35 heavy (non-hydrogen) atoms. The molecule has 1 aromatic carbocycles. The number of carbonyl (C=O) groups excluding carboxylic acids is 2. The van der Waals surface area contributed by atoms with Crippen LogP contribution in [0, 0.1) is 0 Å². The number of likely N-dealkylation sites (tertiary alicyclic amines) is 1. The van der Waals surface area contributed by atoms with Crippen molar-refractivity contribution in [2.24, 2.45) is 7.05 Å². The zero-order chi connectivity index (χ0) is 24.0. The van der Waals surface area contributed by atoms with Gasteiger partial charge in [0, 0.05) is 38.9 Å². The van der Waals surface area contributed by atoms with Crippen LogP contribution in [0.1, 0.15) is 47.9 Å². The second-order valence-corrected chi connectivity index (χ2v) is 11.0. The number of carbonyl (C=O) groups is 2. The van der Waals surface area contributed by atoms with Crippen molar-refractivity contribution in [3.05, 3.63) is 40.7 Å². The van der Waals surface area contributed by atoms with Crippen LogP contribution in [-0.2, 0) is 47.7 Å². The van der Waals surface area contributed by atoms with Crippen LogP contribution in [0.5, 0.6) is 0 Å². The van der Waals surface area contributed by atoms with Crippen LogP contribution in [-0.4, -0.2) is 84.2 Å². The molecule has 184 valence electrons. The van der Waals surface area contributed by atoms with E-state index in [9.17, 15) is 18.0 Å². The summed E-state index contributed by atoms with van der Waals surface area (Å²) in [4.78, 5) is 27.0. The molecule has 3 aliphatic rings. The summed E-state index contributed by atoms with van der Waals surface area (Å²) in [6, 6.07) is 0.858. The van der Waals surface area contributed by atoms with E-state index in [1.54, 1.807) is 25.2 Å². The Balaban J connectivity index is 0.00000289. The standard InChI is InChI=1S/C23H30N6O4S.Na.H/c1-27-10-9-17(12-21(27)30)29(18-13-24-28(2)14-18)34(32,33)26-23(31)25-22-19-7-3-5-15(19)11-16-6-4-8-20(16)22;;/h11,13-14,17H,3-10,12H2,1-2H3,(H2,25,26,31);;. The SMILES string of the molecule is CN1CCC(N(c2cnn(C)c2)S(=O)(=O)NC(=O)Nc2c3c(cc4c2CCC4)CCC3)CC1=O.[NaH]. The van der Waals surface area contributed by atoms with Crippen LogP contribution in [0.4, 0.5) is 16.2 Å². The molecule has 10 nitrogen and oxygen atoms in total. The fraction of sp³-hybridized carbons (Fsp3) is 0.522. The van der Waals surface area contributed by atoms with E-state index in [0.717, 1.165) is 59.6 Å². The third kappa shape index (κ3) is 5.09. The second kappa shape index (κ2) is 10.1. The van der Waals surface area contributed by atoms with Crippen molar-refractivity contribution in [3.8, 4) is 0 Å². The van der Waals surface area contributed by atoms with E-state index in [4.69, 9.17) is 0 Å². The van der Waals surface area contributed by atoms with Gasteiger partial charge in [-0.2, -0.15) is 13.5 Å². The number of piperidine rings is 1. The number of anilines is 2. The van der Waals surface area contributed by atoms with Crippen LogP contribution in [0.3, 0.4) is 0 Å². The summed E-state index contributed by atoms with van der Waals surface area (Å²) >= 11 is 0. The number of nitrogens with one attached hydrogen (secondary N) is 2. The fourth-order valence-electron chi connectivity index (χ4n) is 5.47. The number of urea groups is 1. The number of hydrogen-bond donors (Lipinski definition) is 2. The maximum atomic E-state index is 13.5. The molecule has 2 aromatic rings. The normalized spacial score (nSPS) is 19.1. The topological polar surface area (TPSA) is 117 Å². The molecular formula is C23H31N6NaO4S. The molecule has 1 aromatic heterocycles.